The van der Waals surface area contributed by atoms with Crippen molar-refractivity contribution in [3.8, 4) is 11.5 Å². The molecule has 0 unspecified atom stereocenters. The second-order valence-corrected chi connectivity index (χ2v) is 5.91. The summed E-state index contributed by atoms with van der Waals surface area (Å²) in [6.07, 6.45) is 0. The van der Waals surface area contributed by atoms with Gasteiger partial charge in [-0.2, -0.15) is 0 Å². The van der Waals surface area contributed by atoms with E-state index in [1.54, 1.807) is 11.8 Å². The van der Waals surface area contributed by atoms with Crippen molar-refractivity contribution in [2.24, 2.45) is 0 Å². The van der Waals surface area contributed by atoms with Gasteiger partial charge in [0, 0.05) is 10.3 Å². The normalized spacial score (nSPS) is 13.7. The molecule has 1 aromatic heterocycles. The number of thiazole rings is 1. The van der Waals surface area contributed by atoms with Crippen LogP contribution in [-0.2, 0) is 0 Å². The van der Waals surface area contributed by atoms with Gasteiger partial charge in [-0.05, 0) is 18.2 Å². The van der Waals surface area contributed by atoms with Gasteiger partial charge in [0.15, 0.2) is 15.8 Å². The SMILES string of the molecule is Clc1csc(Sc2ccc3c(c2)OCCO3)n1. The van der Waals surface area contributed by atoms with Crippen molar-refractivity contribution >= 4 is 34.7 Å². The monoisotopic (exact) mass is 285 g/mol. The highest BCUT2D eigenvalue weighted by Gasteiger charge is 2.12. The first kappa shape index (κ1) is 11.2. The number of ether oxygens (including phenoxy) is 2. The molecule has 17 heavy (non-hydrogen) atoms. The largest absolute Gasteiger partial charge is 0.486 e. The summed E-state index contributed by atoms with van der Waals surface area (Å²) in [7, 11) is 0. The van der Waals surface area contributed by atoms with Gasteiger partial charge in [-0.25, -0.2) is 4.98 Å². The van der Waals surface area contributed by atoms with E-state index in [2.05, 4.69) is 4.98 Å². The molecule has 1 aliphatic rings. The molecule has 0 aliphatic carbocycles. The van der Waals surface area contributed by atoms with Crippen molar-refractivity contribution in [2.45, 2.75) is 9.24 Å². The molecule has 0 saturated carbocycles. The fourth-order valence-electron chi connectivity index (χ4n) is 1.47. The Morgan fingerprint density at radius 2 is 2.06 bits per heavy atom. The van der Waals surface area contributed by atoms with Crippen molar-refractivity contribution < 1.29 is 9.47 Å². The van der Waals surface area contributed by atoms with Crippen molar-refractivity contribution in [3.63, 3.8) is 0 Å². The topological polar surface area (TPSA) is 31.4 Å². The third-order valence-corrected chi connectivity index (χ3v) is 4.43. The average molecular weight is 286 g/mol. The Balaban J connectivity index is 1.84. The third-order valence-electron chi connectivity index (χ3n) is 2.17. The summed E-state index contributed by atoms with van der Waals surface area (Å²) in [6, 6.07) is 5.88. The van der Waals surface area contributed by atoms with E-state index in [1.807, 2.05) is 23.6 Å². The zero-order valence-corrected chi connectivity index (χ0v) is 11.1. The Kier molecular flexibility index (Phi) is 3.13. The van der Waals surface area contributed by atoms with Crippen LogP contribution in [0.4, 0.5) is 0 Å². The first-order chi connectivity index (χ1) is 8.31. The van der Waals surface area contributed by atoms with Crippen LogP contribution in [0.1, 0.15) is 0 Å². The molecule has 1 aliphatic heterocycles. The lowest BCUT2D eigenvalue weighted by atomic mass is 10.3. The van der Waals surface area contributed by atoms with Crippen LogP contribution in [0.15, 0.2) is 32.8 Å². The van der Waals surface area contributed by atoms with Crippen molar-refractivity contribution in [1.82, 2.24) is 4.98 Å². The minimum absolute atomic E-state index is 0.537. The van der Waals surface area contributed by atoms with Gasteiger partial charge in [0.1, 0.15) is 18.4 Å². The molecular weight excluding hydrogens is 278 g/mol. The number of nitrogens with zero attached hydrogens (tertiary/aromatic N) is 1. The lowest BCUT2D eigenvalue weighted by molar-refractivity contribution is 0.171. The summed E-state index contributed by atoms with van der Waals surface area (Å²) in [5.41, 5.74) is 0. The molecule has 6 heteroatoms. The van der Waals surface area contributed by atoms with E-state index in [-0.39, 0.29) is 0 Å². The molecule has 0 radical (unpaired) electrons. The molecule has 0 spiro atoms. The van der Waals surface area contributed by atoms with E-state index in [4.69, 9.17) is 21.1 Å². The Hall–Kier alpha value is -0.910. The van der Waals surface area contributed by atoms with E-state index in [1.165, 1.54) is 11.3 Å². The minimum atomic E-state index is 0.537. The van der Waals surface area contributed by atoms with Crippen LogP contribution in [0.3, 0.4) is 0 Å². The molecule has 0 amide bonds. The number of fused-ring (bicyclic) bond motifs is 1. The predicted octanol–water partition coefficient (Wildman–Crippen LogP) is 3.72. The molecule has 0 N–H and O–H groups in total. The van der Waals surface area contributed by atoms with Gasteiger partial charge in [0.05, 0.1) is 0 Å². The first-order valence-corrected chi connectivity index (χ1v) is 7.07. The molecule has 0 saturated heterocycles. The van der Waals surface area contributed by atoms with Crippen LogP contribution in [0.25, 0.3) is 0 Å². The number of aromatic nitrogens is 1. The molecule has 3 nitrogen and oxygen atoms in total. The number of hydrogen-bond acceptors (Lipinski definition) is 5. The number of benzene rings is 1. The molecule has 0 fully saturated rings. The third kappa shape index (κ3) is 2.51. The van der Waals surface area contributed by atoms with Crippen molar-refractivity contribution in [3.05, 3.63) is 28.7 Å². The molecule has 0 bridgehead atoms. The summed E-state index contributed by atoms with van der Waals surface area (Å²) in [6.45, 7) is 1.21. The summed E-state index contributed by atoms with van der Waals surface area (Å²) in [4.78, 5) is 5.26. The van der Waals surface area contributed by atoms with Gasteiger partial charge >= 0.3 is 0 Å². The van der Waals surface area contributed by atoms with Gasteiger partial charge in [0.2, 0.25) is 0 Å². The minimum Gasteiger partial charge on any atom is -0.486 e. The van der Waals surface area contributed by atoms with Gasteiger partial charge in [-0.1, -0.05) is 23.4 Å². The maximum atomic E-state index is 5.78. The lowest BCUT2D eigenvalue weighted by Crippen LogP contribution is -2.15. The number of hydrogen-bond donors (Lipinski definition) is 0. The molecule has 1 aromatic carbocycles. The highest BCUT2D eigenvalue weighted by atomic mass is 35.5. The van der Waals surface area contributed by atoms with Crippen molar-refractivity contribution in [2.75, 3.05) is 13.2 Å². The van der Waals surface area contributed by atoms with Gasteiger partial charge in [0.25, 0.3) is 0 Å². The maximum Gasteiger partial charge on any atom is 0.162 e. The molecule has 3 rings (SSSR count). The summed E-state index contributed by atoms with van der Waals surface area (Å²) >= 11 is 8.88. The first-order valence-electron chi connectivity index (χ1n) is 5.00. The van der Waals surface area contributed by atoms with E-state index >= 15 is 0 Å². The standard InChI is InChI=1S/C11H8ClNO2S2/c12-10-6-16-11(13-10)17-7-1-2-8-9(5-7)15-4-3-14-8/h1-2,5-6H,3-4H2. The van der Waals surface area contributed by atoms with Crippen molar-refractivity contribution in [1.29, 1.82) is 0 Å². The number of rotatable bonds is 2. The van der Waals surface area contributed by atoms with Crippen LogP contribution in [0.5, 0.6) is 11.5 Å². The smallest absolute Gasteiger partial charge is 0.162 e. The lowest BCUT2D eigenvalue weighted by Gasteiger charge is -2.18. The van der Waals surface area contributed by atoms with Gasteiger partial charge < -0.3 is 9.47 Å². The van der Waals surface area contributed by atoms with E-state index < -0.39 is 0 Å². The summed E-state index contributed by atoms with van der Waals surface area (Å²) < 4.78 is 11.9. The molecule has 2 aromatic rings. The second kappa shape index (κ2) is 4.76. The van der Waals surface area contributed by atoms with E-state index in [9.17, 15) is 0 Å². The Bertz CT molecular complexity index is 544. The van der Waals surface area contributed by atoms with Crippen LogP contribution < -0.4 is 9.47 Å². The zero-order chi connectivity index (χ0) is 11.7. The Morgan fingerprint density at radius 1 is 1.24 bits per heavy atom. The van der Waals surface area contributed by atoms with Crippen LogP contribution >= 0.6 is 34.7 Å². The maximum absolute atomic E-state index is 5.78. The Labute approximate surface area is 112 Å². The molecule has 88 valence electrons. The molecular formula is C11H8ClNO2S2. The molecule has 2 heterocycles. The zero-order valence-electron chi connectivity index (χ0n) is 8.68. The van der Waals surface area contributed by atoms with E-state index in [0.29, 0.717) is 18.4 Å². The highest BCUT2D eigenvalue weighted by Crippen LogP contribution is 2.37. The fraction of sp³-hybridized carbons (Fsp3) is 0.182. The van der Waals surface area contributed by atoms with Crippen LogP contribution in [0.2, 0.25) is 5.15 Å². The molecule has 0 atom stereocenters. The van der Waals surface area contributed by atoms with Crippen LogP contribution in [0, 0.1) is 0 Å². The average Bonchev–Trinajstić information content (AvgIpc) is 2.75. The predicted molar refractivity (Wildman–Crippen MR) is 68.7 cm³/mol. The summed E-state index contributed by atoms with van der Waals surface area (Å²) in [5, 5.41) is 2.36. The quantitative estimate of drug-likeness (QED) is 0.841. The van der Waals surface area contributed by atoms with Gasteiger partial charge in [-0.3, -0.25) is 0 Å². The van der Waals surface area contributed by atoms with Gasteiger partial charge in [-0.15, -0.1) is 11.3 Å². The number of halogens is 1. The second-order valence-electron chi connectivity index (χ2n) is 3.34. The fourth-order valence-corrected chi connectivity index (χ4v) is 3.47. The summed E-state index contributed by atoms with van der Waals surface area (Å²) in [5.74, 6) is 1.60. The highest BCUT2D eigenvalue weighted by molar-refractivity contribution is 8.01. The Morgan fingerprint density at radius 3 is 2.82 bits per heavy atom. The van der Waals surface area contributed by atoms with Crippen LogP contribution in [-0.4, -0.2) is 18.2 Å². The van der Waals surface area contributed by atoms with E-state index in [0.717, 1.165) is 20.7 Å².